The van der Waals surface area contributed by atoms with E-state index in [1.807, 2.05) is 0 Å². The second kappa shape index (κ2) is 5.75. The molecule has 0 bridgehead atoms. The maximum atomic E-state index is 12.4. The molecule has 0 radical (unpaired) electrons. The average Bonchev–Trinajstić information content (AvgIpc) is 2.39. The van der Waals surface area contributed by atoms with Crippen LogP contribution in [-0.4, -0.2) is 12.9 Å². The van der Waals surface area contributed by atoms with E-state index < -0.39 is 0 Å². The number of hydrogen-bond donors (Lipinski definition) is 0. The van der Waals surface area contributed by atoms with Crippen molar-refractivity contribution in [3.63, 3.8) is 0 Å². The summed E-state index contributed by atoms with van der Waals surface area (Å²) in [5, 5.41) is 0.548. The Morgan fingerprint density at radius 3 is 2.56 bits per heavy atom. The Labute approximate surface area is 113 Å². The summed E-state index contributed by atoms with van der Waals surface area (Å²) in [4.78, 5) is 12.4. The molecule has 0 heterocycles. The van der Waals surface area contributed by atoms with E-state index >= 15 is 0 Å². The Balaban J connectivity index is 2.13. The molecule has 2 rings (SSSR count). The average molecular weight is 267 g/mol. The Morgan fingerprint density at radius 2 is 1.94 bits per heavy atom. The third-order valence-corrected chi connectivity index (χ3v) is 4.13. The first kappa shape index (κ1) is 13.4. The van der Waals surface area contributed by atoms with Gasteiger partial charge in [-0.1, -0.05) is 31.4 Å². The molecule has 1 aliphatic carbocycles. The lowest BCUT2D eigenvalue weighted by Crippen LogP contribution is -2.21. The van der Waals surface area contributed by atoms with Crippen LogP contribution < -0.4 is 4.74 Å². The van der Waals surface area contributed by atoms with E-state index in [-0.39, 0.29) is 11.7 Å². The van der Waals surface area contributed by atoms with Crippen LogP contribution in [0.25, 0.3) is 0 Å². The molecule has 0 aliphatic heterocycles. The van der Waals surface area contributed by atoms with Crippen LogP contribution in [0.2, 0.25) is 5.02 Å². The van der Waals surface area contributed by atoms with Gasteiger partial charge < -0.3 is 4.74 Å². The SMILES string of the molecule is COc1cc(C(=O)C2CCC(C)CC2)ccc1Cl. The summed E-state index contributed by atoms with van der Waals surface area (Å²) in [5.74, 6) is 1.74. The second-order valence-corrected chi connectivity index (χ2v) is 5.58. The zero-order valence-electron chi connectivity index (χ0n) is 10.9. The zero-order chi connectivity index (χ0) is 13.1. The van der Waals surface area contributed by atoms with Crippen molar-refractivity contribution in [1.29, 1.82) is 0 Å². The molecule has 1 fully saturated rings. The molecule has 0 saturated heterocycles. The number of halogens is 1. The molecule has 1 aromatic rings. The Kier molecular flexibility index (Phi) is 4.28. The Morgan fingerprint density at radius 1 is 1.28 bits per heavy atom. The predicted octanol–water partition coefficient (Wildman–Crippen LogP) is 4.36. The first-order valence-electron chi connectivity index (χ1n) is 6.49. The van der Waals surface area contributed by atoms with Crippen LogP contribution in [0.5, 0.6) is 5.75 Å². The largest absolute Gasteiger partial charge is 0.495 e. The van der Waals surface area contributed by atoms with Crippen LogP contribution in [-0.2, 0) is 0 Å². The molecule has 0 unspecified atom stereocenters. The van der Waals surface area contributed by atoms with Crippen molar-refractivity contribution in [2.75, 3.05) is 7.11 Å². The zero-order valence-corrected chi connectivity index (χ0v) is 11.7. The van der Waals surface area contributed by atoms with Crippen LogP contribution in [0.15, 0.2) is 18.2 Å². The van der Waals surface area contributed by atoms with Gasteiger partial charge in [-0.05, 0) is 37.0 Å². The molecular weight excluding hydrogens is 248 g/mol. The first-order chi connectivity index (χ1) is 8.61. The van der Waals surface area contributed by atoms with E-state index in [9.17, 15) is 4.79 Å². The highest BCUT2D eigenvalue weighted by Gasteiger charge is 2.25. The van der Waals surface area contributed by atoms with Crippen molar-refractivity contribution in [2.45, 2.75) is 32.6 Å². The van der Waals surface area contributed by atoms with E-state index in [0.29, 0.717) is 10.8 Å². The van der Waals surface area contributed by atoms with Crippen LogP contribution in [0.1, 0.15) is 43.0 Å². The molecule has 0 amide bonds. The van der Waals surface area contributed by atoms with E-state index in [1.54, 1.807) is 25.3 Å². The predicted molar refractivity (Wildman–Crippen MR) is 73.5 cm³/mol. The summed E-state index contributed by atoms with van der Waals surface area (Å²) in [6.45, 7) is 2.26. The summed E-state index contributed by atoms with van der Waals surface area (Å²) in [6, 6.07) is 5.28. The van der Waals surface area contributed by atoms with Crippen molar-refractivity contribution < 1.29 is 9.53 Å². The third kappa shape index (κ3) is 2.86. The fourth-order valence-corrected chi connectivity index (χ4v) is 2.77. The lowest BCUT2D eigenvalue weighted by molar-refractivity contribution is 0.0875. The monoisotopic (exact) mass is 266 g/mol. The van der Waals surface area contributed by atoms with Crippen molar-refractivity contribution in [2.24, 2.45) is 11.8 Å². The van der Waals surface area contributed by atoms with Gasteiger partial charge in [-0.3, -0.25) is 4.79 Å². The number of rotatable bonds is 3. The molecule has 3 heteroatoms. The second-order valence-electron chi connectivity index (χ2n) is 5.17. The van der Waals surface area contributed by atoms with Crippen LogP contribution >= 0.6 is 11.6 Å². The maximum Gasteiger partial charge on any atom is 0.166 e. The number of carbonyl (C=O) groups excluding carboxylic acids is 1. The molecule has 1 saturated carbocycles. The van der Waals surface area contributed by atoms with Crippen molar-refractivity contribution in [1.82, 2.24) is 0 Å². The molecular formula is C15H19ClO2. The molecule has 2 nitrogen and oxygen atoms in total. The van der Waals surface area contributed by atoms with Crippen molar-refractivity contribution >= 4 is 17.4 Å². The number of ketones is 1. The van der Waals surface area contributed by atoms with Gasteiger partial charge >= 0.3 is 0 Å². The number of hydrogen-bond acceptors (Lipinski definition) is 2. The number of methoxy groups -OCH3 is 1. The number of Topliss-reactive ketones (excluding diaryl/α,β-unsaturated/α-hetero) is 1. The summed E-state index contributed by atoms with van der Waals surface area (Å²) < 4.78 is 5.16. The van der Waals surface area contributed by atoms with Gasteiger partial charge in [0.1, 0.15) is 5.75 Å². The van der Waals surface area contributed by atoms with Crippen LogP contribution in [0, 0.1) is 11.8 Å². The van der Waals surface area contributed by atoms with Crippen LogP contribution in [0.4, 0.5) is 0 Å². The topological polar surface area (TPSA) is 26.3 Å². The van der Waals surface area contributed by atoms with Gasteiger partial charge in [0.2, 0.25) is 0 Å². The minimum atomic E-state index is 0.173. The molecule has 1 aromatic carbocycles. The van der Waals surface area contributed by atoms with E-state index in [1.165, 1.54) is 0 Å². The summed E-state index contributed by atoms with van der Waals surface area (Å²) in [6.07, 6.45) is 4.32. The van der Waals surface area contributed by atoms with Gasteiger partial charge in [0.25, 0.3) is 0 Å². The highest BCUT2D eigenvalue weighted by Crippen LogP contribution is 2.32. The molecule has 0 N–H and O–H groups in total. The Bertz CT molecular complexity index is 434. The van der Waals surface area contributed by atoms with Crippen LogP contribution in [0.3, 0.4) is 0 Å². The third-order valence-electron chi connectivity index (χ3n) is 3.82. The first-order valence-corrected chi connectivity index (χ1v) is 6.87. The molecule has 98 valence electrons. The van der Waals surface area contributed by atoms with Gasteiger partial charge in [-0.2, -0.15) is 0 Å². The molecule has 0 atom stereocenters. The van der Waals surface area contributed by atoms with E-state index in [4.69, 9.17) is 16.3 Å². The van der Waals surface area contributed by atoms with Gasteiger partial charge in [-0.15, -0.1) is 0 Å². The van der Waals surface area contributed by atoms with Gasteiger partial charge in [0.05, 0.1) is 12.1 Å². The quantitative estimate of drug-likeness (QED) is 0.760. The van der Waals surface area contributed by atoms with Gasteiger partial charge in [0, 0.05) is 11.5 Å². The summed E-state index contributed by atoms with van der Waals surface area (Å²) in [7, 11) is 1.57. The minimum absolute atomic E-state index is 0.173. The number of benzene rings is 1. The van der Waals surface area contributed by atoms with E-state index in [2.05, 4.69) is 6.92 Å². The normalized spacial score (nSPS) is 23.7. The Hall–Kier alpha value is -1.02. The van der Waals surface area contributed by atoms with E-state index in [0.717, 1.165) is 37.2 Å². The summed E-state index contributed by atoms with van der Waals surface area (Å²) in [5.41, 5.74) is 0.718. The van der Waals surface area contributed by atoms with Gasteiger partial charge in [0.15, 0.2) is 5.78 Å². The lowest BCUT2D eigenvalue weighted by Gasteiger charge is -2.25. The van der Waals surface area contributed by atoms with Gasteiger partial charge in [-0.25, -0.2) is 0 Å². The standard InChI is InChI=1S/C15H19ClO2/c1-10-3-5-11(6-4-10)15(17)12-7-8-13(16)14(9-12)18-2/h7-11H,3-6H2,1-2H3. The highest BCUT2D eigenvalue weighted by molar-refractivity contribution is 6.32. The lowest BCUT2D eigenvalue weighted by atomic mass is 9.79. The summed E-state index contributed by atoms with van der Waals surface area (Å²) >= 11 is 5.97. The highest BCUT2D eigenvalue weighted by atomic mass is 35.5. The molecule has 18 heavy (non-hydrogen) atoms. The number of ether oxygens (including phenoxy) is 1. The maximum absolute atomic E-state index is 12.4. The fraction of sp³-hybridized carbons (Fsp3) is 0.533. The van der Waals surface area contributed by atoms with Crippen molar-refractivity contribution in [3.8, 4) is 5.75 Å². The minimum Gasteiger partial charge on any atom is -0.495 e. The van der Waals surface area contributed by atoms with Crippen molar-refractivity contribution in [3.05, 3.63) is 28.8 Å². The molecule has 0 spiro atoms. The fourth-order valence-electron chi connectivity index (χ4n) is 2.57. The number of carbonyl (C=O) groups is 1. The smallest absolute Gasteiger partial charge is 0.166 e. The molecule has 1 aliphatic rings. The molecule has 0 aromatic heterocycles.